The number of ether oxygens (including phenoxy) is 2. The van der Waals surface area contributed by atoms with Gasteiger partial charge in [0, 0.05) is 5.69 Å². The van der Waals surface area contributed by atoms with Crippen molar-refractivity contribution in [3.05, 3.63) is 29.8 Å². The third-order valence-corrected chi connectivity index (χ3v) is 4.58. The van der Waals surface area contributed by atoms with Crippen LogP contribution < -0.4 is 5.32 Å². The number of amides is 1. The van der Waals surface area contributed by atoms with Crippen molar-refractivity contribution in [1.29, 1.82) is 0 Å². The molecule has 1 aromatic rings. The lowest BCUT2D eigenvalue weighted by atomic mass is 9.59. The molecule has 2 N–H and O–H groups in total. The predicted molar refractivity (Wildman–Crippen MR) is 97.8 cm³/mol. The van der Waals surface area contributed by atoms with Crippen molar-refractivity contribution < 1.29 is 55.3 Å². The van der Waals surface area contributed by atoms with Gasteiger partial charge in [-0.05, 0) is 45.4 Å². The van der Waals surface area contributed by atoms with Gasteiger partial charge in [-0.1, -0.05) is 12.1 Å². The van der Waals surface area contributed by atoms with Gasteiger partial charge in [0.25, 0.3) is 0 Å². The van der Waals surface area contributed by atoms with Crippen molar-refractivity contribution in [3.63, 3.8) is 0 Å². The van der Waals surface area contributed by atoms with Crippen molar-refractivity contribution in [2.24, 2.45) is 5.41 Å². The van der Waals surface area contributed by atoms with Gasteiger partial charge >= 0.3 is 30.4 Å². The molecule has 1 amide bonds. The molecule has 0 fully saturated rings. The summed E-state index contributed by atoms with van der Waals surface area (Å²) in [6.45, 7) is 4.57. The molecule has 0 bridgehead atoms. The standard InChI is InChI=1S/C19H21F6NO6/c1-15(2,3)32-14(30)26-11-8-6-10(7-9-11)17(18(20,21)22,19(23,24)25)16(4,12(27)28)13(29)31-5/h6-9H,1-5H3,(H,26,30)(H,27,28). The van der Waals surface area contributed by atoms with E-state index in [1.807, 2.05) is 0 Å². The summed E-state index contributed by atoms with van der Waals surface area (Å²) >= 11 is 0. The third kappa shape index (κ3) is 4.60. The fraction of sp³-hybridized carbons (Fsp3) is 0.526. The number of alkyl halides is 6. The summed E-state index contributed by atoms with van der Waals surface area (Å²) in [7, 11) is 0.467. The number of halogens is 6. The summed E-state index contributed by atoms with van der Waals surface area (Å²) < 4.78 is 93.7. The maximum atomic E-state index is 14.1. The minimum Gasteiger partial charge on any atom is -0.480 e. The number of methoxy groups -OCH3 is 1. The average Bonchev–Trinajstić information content (AvgIpc) is 2.58. The minimum absolute atomic E-state index is 0.00496. The van der Waals surface area contributed by atoms with Crippen LogP contribution in [0.15, 0.2) is 24.3 Å². The molecule has 1 unspecified atom stereocenters. The van der Waals surface area contributed by atoms with Crippen LogP contribution in [0.5, 0.6) is 0 Å². The smallest absolute Gasteiger partial charge is 0.412 e. The highest BCUT2D eigenvalue weighted by molar-refractivity contribution is 6.01. The quantitative estimate of drug-likeness (QED) is 0.367. The summed E-state index contributed by atoms with van der Waals surface area (Å²) in [5, 5.41) is 11.5. The zero-order chi connectivity index (χ0) is 25.3. The van der Waals surface area contributed by atoms with E-state index in [0.29, 0.717) is 31.4 Å². The van der Waals surface area contributed by atoms with Crippen molar-refractivity contribution >= 4 is 23.7 Å². The van der Waals surface area contributed by atoms with Gasteiger partial charge in [-0.15, -0.1) is 0 Å². The van der Waals surface area contributed by atoms with Crippen LogP contribution in [0.2, 0.25) is 0 Å². The Hall–Kier alpha value is -2.99. The maximum Gasteiger partial charge on any atom is 0.412 e. The summed E-state index contributed by atoms with van der Waals surface area (Å²) in [5.74, 6) is -4.95. The Kier molecular flexibility index (Phi) is 7.19. The first-order valence-electron chi connectivity index (χ1n) is 8.81. The SMILES string of the molecule is COC(=O)C(C)(C(=O)O)C(c1ccc(NC(=O)OC(C)(C)C)cc1)(C(F)(F)F)C(F)(F)F. The number of hydrogen-bond acceptors (Lipinski definition) is 5. The first kappa shape index (κ1) is 27.0. The van der Waals surface area contributed by atoms with Gasteiger partial charge in [0.1, 0.15) is 5.60 Å². The Balaban J connectivity index is 3.77. The van der Waals surface area contributed by atoms with Crippen LogP contribution in [-0.4, -0.2) is 48.2 Å². The molecule has 1 atom stereocenters. The zero-order valence-electron chi connectivity index (χ0n) is 17.6. The second-order valence-corrected chi connectivity index (χ2v) is 7.87. The predicted octanol–water partition coefficient (Wildman–Crippen LogP) is 4.66. The molecule has 13 heteroatoms. The van der Waals surface area contributed by atoms with Crippen LogP contribution in [0.25, 0.3) is 0 Å². The minimum atomic E-state index is -6.30. The van der Waals surface area contributed by atoms with Crippen molar-refractivity contribution in [2.45, 2.75) is 51.1 Å². The van der Waals surface area contributed by atoms with Gasteiger partial charge in [-0.3, -0.25) is 14.9 Å². The van der Waals surface area contributed by atoms with Crippen LogP contribution in [0, 0.1) is 5.41 Å². The van der Waals surface area contributed by atoms with Crippen LogP contribution >= 0.6 is 0 Å². The highest BCUT2D eigenvalue weighted by Crippen LogP contribution is 2.61. The number of benzene rings is 1. The van der Waals surface area contributed by atoms with Crippen LogP contribution in [0.4, 0.5) is 36.8 Å². The highest BCUT2D eigenvalue weighted by Gasteiger charge is 2.84. The van der Waals surface area contributed by atoms with Crippen LogP contribution in [-0.2, 0) is 24.5 Å². The number of nitrogens with one attached hydrogen (secondary N) is 1. The van der Waals surface area contributed by atoms with Gasteiger partial charge < -0.3 is 14.6 Å². The number of rotatable bonds is 5. The third-order valence-electron chi connectivity index (χ3n) is 4.58. The molecular weight excluding hydrogens is 452 g/mol. The normalized spacial score (nSPS) is 14.8. The number of carbonyl (C=O) groups excluding carboxylic acids is 2. The molecule has 0 aliphatic rings. The molecule has 0 aromatic heterocycles. The van der Waals surface area contributed by atoms with Gasteiger partial charge in [-0.25, -0.2) is 4.79 Å². The lowest BCUT2D eigenvalue weighted by Crippen LogP contribution is -2.68. The van der Waals surface area contributed by atoms with E-state index in [1.165, 1.54) is 20.8 Å². The molecule has 0 aliphatic heterocycles. The molecule has 0 saturated heterocycles. The number of anilines is 1. The fourth-order valence-electron chi connectivity index (χ4n) is 3.17. The van der Waals surface area contributed by atoms with E-state index in [1.54, 1.807) is 0 Å². The van der Waals surface area contributed by atoms with E-state index in [2.05, 4.69) is 10.1 Å². The summed E-state index contributed by atoms with van der Waals surface area (Å²) in [6, 6.07) is 2.01. The van der Waals surface area contributed by atoms with Gasteiger partial charge in [-0.2, -0.15) is 26.3 Å². The Bertz CT molecular complexity index is 858. The molecular formula is C19H21F6NO6. The molecule has 7 nitrogen and oxygen atoms in total. The first-order valence-corrected chi connectivity index (χ1v) is 8.81. The van der Waals surface area contributed by atoms with E-state index in [9.17, 15) is 45.8 Å². The molecule has 0 aliphatic carbocycles. The molecule has 1 aromatic carbocycles. The molecule has 180 valence electrons. The highest BCUT2D eigenvalue weighted by atomic mass is 19.4. The Labute approximate surface area is 178 Å². The van der Waals surface area contributed by atoms with E-state index in [0.717, 1.165) is 0 Å². The molecule has 0 spiro atoms. The van der Waals surface area contributed by atoms with Crippen LogP contribution in [0.1, 0.15) is 33.3 Å². The van der Waals surface area contributed by atoms with E-state index >= 15 is 0 Å². The summed E-state index contributed by atoms with van der Waals surface area (Å²) in [5.41, 5.74) is -12.1. The molecule has 1 rings (SSSR count). The average molecular weight is 473 g/mol. The van der Waals surface area contributed by atoms with E-state index < -0.39 is 52.4 Å². The monoisotopic (exact) mass is 473 g/mol. The second kappa shape index (κ2) is 8.51. The van der Waals surface area contributed by atoms with Gasteiger partial charge in [0.2, 0.25) is 5.41 Å². The number of carboxylic acids is 1. The number of hydrogen-bond donors (Lipinski definition) is 2. The lowest BCUT2D eigenvalue weighted by molar-refractivity contribution is -0.330. The van der Waals surface area contributed by atoms with Crippen molar-refractivity contribution in [1.82, 2.24) is 0 Å². The van der Waals surface area contributed by atoms with Crippen LogP contribution in [0.3, 0.4) is 0 Å². The first-order chi connectivity index (χ1) is 14.3. The topological polar surface area (TPSA) is 102 Å². The molecule has 0 radical (unpaired) electrons. The van der Waals surface area contributed by atoms with E-state index in [-0.39, 0.29) is 12.6 Å². The number of carbonyl (C=O) groups is 3. The fourth-order valence-corrected chi connectivity index (χ4v) is 3.17. The number of esters is 1. The Morgan fingerprint density at radius 3 is 1.62 bits per heavy atom. The van der Waals surface area contributed by atoms with Crippen molar-refractivity contribution in [2.75, 3.05) is 12.4 Å². The van der Waals surface area contributed by atoms with E-state index in [4.69, 9.17) is 4.74 Å². The number of carboxylic acid groups (broad SMARTS) is 1. The Morgan fingerprint density at radius 1 is 0.875 bits per heavy atom. The largest absolute Gasteiger partial charge is 0.480 e. The summed E-state index contributed by atoms with van der Waals surface area (Å²) in [6.07, 6.45) is -13.6. The van der Waals surface area contributed by atoms with Crippen molar-refractivity contribution in [3.8, 4) is 0 Å². The van der Waals surface area contributed by atoms with Gasteiger partial charge in [0.15, 0.2) is 5.41 Å². The molecule has 32 heavy (non-hydrogen) atoms. The molecule has 0 saturated carbocycles. The zero-order valence-corrected chi connectivity index (χ0v) is 17.6. The second-order valence-electron chi connectivity index (χ2n) is 7.87. The van der Waals surface area contributed by atoms with Gasteiger partial charge in [0.05, 0.1) is 7.11 Å². The number of aliphatic carboxylic acids is 1. The Morgan fingerprint density at radius 2 is 1.31 bits per heavy atom. The molecule has 0 heterocycles. The maximum absolute atomic E-state index is 14.1. The lowest BCUT2D eigenvalue weighted by Gasteiger charge is -2.45. The summed E-state index contributed by atoms with van der Waals surface area (Å²) in [4.78, 5) is 35.5.